The lowest BCUT2D eigenvalue weighted by atomic mass is 9.82. The Morgan fingerprint density at radius 2 is 2.10 bits per heavy atom. The zero-order valence-corrected chi connectivity index (χ0v) is 13.2. The van der Waals surface area contributed by atoms with Crippen LogP contribution >= 0.6 is 11.6 Å². The fourth-order valence-electron chi connectivity index (χ4n) is 3.06. The standard InChI is InChI=1S/C17H22ClFO2/c1-2-21-17(13-6-4-3-5-7-13)16(20)11-12-8-9-14(18)15(19)10-12/h8-10,13,17H,2-7,11H2,1H3. The van der Waals surface area contributed by atoms with E-state index in [0.717, 1.165) is 25.7 Å². The van der Waals surface area contributed by atoms with Gasteiger partial charge in [0.05, 0.1) is 5.02 Å². The van der Waals surface area contributed by atoms with Gasteiger partial charge in [0.1, 0.15) is 11.9 Å². The van der Waals surface area contributed by atoms with Gasteiger partial charge in [0, 0.05) is 13.0 Å². The Balaban J connectivity index is 2.05. The summed E-state index contributed by atoms with van der Waals surface area (Å²) in [6.07, 6.45) is 5.51. The lowest BCUT2D eigenvalue weighted by molar-refractivity contribution is -0.134. The summed E-state index contributed by atoms with van der Waals surface area (Å²) in [5, 5.41) is 0.0832. The molecule has 2 nitrogen and oxygen atoms in total. The molecule has 0 spiro atoms. The van der Waals surface area contributed by atoms with E-state index in [1.165, 1.54) is 18.6 Å². The van der Waals surface area contributed by atoms with Crippen LogP contribution in [-0.4, -0.2) is 18.5 Å². The molecule has 4 heteroatoms. The molecule has 2 rings (SSSR count). The molecule has 0 heterocycles. The third-order valence-electron chi connectivity index (χ3n) is 4.10. The Kier molecular flexibility index (Phi) is 6.19. The van der Waals surface area contributed by atoms with Gasteiger partial charge in [-0.15, -0.1) is 0 Å². The minimum Gasteiger partial charge on any atom is -0.370 e. The van der Waals surface area contributed by atoms with Crippen LogP contribution in [0.15, 0.2) is 18.2 Å². The van der Waals surface area contributed by atoms with Gasteiger partial charge in [0.15, 0.2) is 5.78 Å². The van der Waals surface area contributed by atoms with Crippen molar-refractivity contribution in [1.82, 2.24) is 0 Å². The molecule has 1 fully saturated rings. The van der Waals surface area contributed by atoms with Crippen molar-refractivity contribution < 1.29 is 13.9 Å². The van der Waals surface area contributed by atoms with Gasteiger partial charge in [-0.3, -0.25) is 4.79 Å². The van der Waals surface area contributed by atoms with Gasteiger partial charge in [-0.1, -0.05) is 36.9 Å². The molecular weight excluding hydrogens is 291 g/mol. The maximum Gasteiger partial charge on any atom is 0.166 e. The topological polar surface area (TPSA) is 26.3 Å². The second kappa shape index (κ2) is 7.90. The third-order valence-corrected chi connectivity index (χ3v) is 4.41. The number of Topliss-reactive ketones (excluding diaryl/α,β-unsaturated/α-hetero) is 1. The van der Waals surface area contributed by atoms with Crippen molar-refractivity contribution in [1.29, 1.82) is 0 Å². The van der Waals surface area contributed by atoms with Crippen molar-refractivity contribution >= 4 is 17.4 Å². The van der Waals surface area contributed by atoms with Gasteiger partial charge < -0.3 is 4.74 Å². The molecule has 0 saturated heterocycles. The van der Waals surface area contributed by atoms with Crippen LogP contribution in [0.5, 0.6) is 0 Å². The van der Waals surface area contributed by atoms with Gasteiger partial charge in [0.2, 0.25) is 0 Å². The van der Waals surface area contributed by atoms with E-state index in [2.05, 4.69) is 0 Å². The van der Waals surface area contributed by atoms with Gasteiger partial charge >= 0.3 is 0 Å². The van der Waals surface area contributed by atoms with E-state index < -0.39 is 5.82 Å². The molecule has 1 aliphatic carbocycles. The molecule has 1 unspecified atom stereocenters. The summed E-state index contributed by atoms with van der Waals surface area (Å²) in [6.45, 7) is 2.44. The number of halogens is 2. The fourth-order valence-corrected chi connectivity index (χ4v) is 3.18. The van der Waals surface area contributed by atoms with Gasteiger partial charge in [-0.25, -0.2) is 4.39 Å². The molecule has 116 valence electrons. The zero-order valence-electron chi connectivity index (χ0n) is 12.4. The second-order valence-corrected chi connectivity index (χ2v) is 6.07. The molecule has 0 bridgehead atoms. The molecule has 0 radical (unpaired) electrons. The molecule has 1 atom stereocenters. The first-order valence-corrected chi connectivity index (χ1v) is 8.08. The monoisotopic (exact) mass is 312 g/mol. The van der Waals surface area contributed by atoms with Crippen LogP contribution in [0.25, 0.3) is 0 Å². The fraction of sp³-hybridized carbons (Fsp3) is 0.588. The first kappa shape index (κ1) is 16.4. The Morgan fingerprint density at radius 1 is 1.38 bits per heavy atom. The van der Waals surface area contributed by atoms with Crippen LogP contribution in [0.2, 0.25) is 5.02 Å². The summed E-state index contributed by atoms with van der Waals surface area (Å²) < 4.78 is 19.2. The molecule has 1 aromatic rings. The van der Waals surface area contributed by atoms with Crippen molar-refractivity contribution in [3.8, 4) is 0 Å². The van der Waals surface area contributed by atoms with Gasteiger partial charge in [-0.05, 0) is 43.4 Å². The van der Waals surface area contributed by atoms with Crippen molar-refractivity contribution in [3.05, 3.63) is 34.6 Å². The van der Waals surface area contributed by atoms with Crippen LogP contribution in [0.3, 0.4) is 0 Å². The zero-order chi connectivity index (χ0) is 15.2. The lowest BCUT2D eigenvalue weighted by Crippen LogP contribution is -2.35. The first-order chi connectivity index (χ1) is 10.1. The van der Waals surface area contributed by atoms with Crippen molar-refractivity contribution in [2.45, 2.75) is 51.6 Å². The van der Waals surface area contributed by atoms with Crippen molar-refractivity contribution in [2.75, 3.05) is 6.61 Å². The molecule has 0 N–H and O–H groups in total. The Morgan fingerprint density at radius 3 is 2.71 bits per heavy atom. The normalized spacial score (nSPS) is 17.7. The maximum absolute atomic E-state index is 13.5. The summed E-state index contributed by atoms with van der Waals surface area (Å²) in [6, 6.07) is 4.53. The minimum absolute atomic E-state index is 0.0467. The Labute approximate surface area is 130 Å². The largest absolute Gasteiger partial charge is 0.370 e. The van der Waals surface area contributed by atoms with Gasteiger partial charge in [-0.2, -0.15) is 0 Å². The lowest BCUT2D eigenvalue weighted by Gasteiger charge is -2.29. The number of benzene rings is 1. The number of carbonyl (C=O) groups excluding carboxylic acids is 1. The second-order valence-electron chi connectivity index (χ2n) is 5.67. The molecule has 0 aliphatic heterocycles. The highest BCUT2D eigenvalue weighted by Crippen LogP contribution is 2.29. The average molecular weight is 313 g/mol. The van der Waals surface area contributed by atoms with Crippen LogP contribution in [0, 0.1) is 11.7 Å². The van der Waals surface area contributed by atoms with Crippen LogP contribution in [0.4, 0.5) is 4.39 Å². The first-order valence-electron chi connectivity index (χ1n) is 7.70. The number of hydrogen-bond donors (Lipinski definition) is 0. The van der Waals surface area contributed by atoms with E-state index in [4.69, 9.17) is 16.3 Å². The predicted octanol–water partition coefficient (Wildman–Crippen LogP) is 4.58. The third kappa shape index (κ3) is 4.52. The van der Waals surface area contributed by atoms with Crippen LogP contribution in [-0.2, 0) is 16.0 Å². The summed E-state index contributed by atoms with van der Waals surface area (Å²) in [4.78, 5) is 12.5. The number of hydrogen-bond acceptors (Lipinski definition) is 2. The van der Waals surface area contributed by atoms with Crippen LogP contribution in [0.1, 0.15) is 44.6 Å². The van der Waals surface area contributed by atoms with Crippen molar-refractivity contribution in [2.24, 2.45) is 5.92 Å². The van der Waals surface area contributed by atoms with Crippen molar-refractivity contribution in [3.63, 3.8) is 0 Å². The Bertz CT molecular complexity index is 484. The minimum atomic E-state index is -0.479. The molecule has 0 aromatic heterocycles. The highest BCUT2D eigenvalue weighted by atomic mass is 35.5. The number of ketones is 1. The highest BCUT2D eigenvalue weighted by molar-refractivity contribution is 6.30. The number of rotatable bonds is 6. The quantitative estimate of drug-likeness (QED) is 0.768. The number of carbonyl (C=O) groups is 1. The highest BCUT2D eigenvalue weighted by Gasteiger charge is 2.29. The molecular formula is C17H22ClFO2. The van der Waals surface area contributed by atoms with E-state index in [0.29, 0.717) is 18.1 Å². The maximum atomic E-state index is 13.5. The smallest absolute Gasteiger partial charge is 0.166 e. The predicted molar refractivity (Wildman–Crippen MR) is 82.1 cm³/mol. The number of ether oxygens (including phenoxy) is 1. The summed E-state index contributed by atoms with van der Waals surface area (Å²) in [7, 11) is 0. The summed E-state index contributed by atoms with van der Waals surface area (Å²) >= 11 is 5.67. The van der Waals surface area contributed by atoms with E-state index in [-0.39, 0.29) is 23.3 Å². The van der Waals surface area contributed by atoms with Crippen LogP contribution < -0.4 is 0 Å². The molecule has 1 aromatic carbocycles. The SMILES string of the molecule is CCOC(C(=O)Cc1ccc(Cl)c(F)c1)C1CCCCC1. The van der Waals surface area contributed by atoms with E-state index in [1.807, 2.05) is 6.92 Å². The molecule has 1 aliphatic rings. The van der Waals surface area contributed by atoms with Gasteiger partial charge in [0.25, 0.3) is 0 Å². The average Bonchev–Trinajstić information content (AvgIpc) is 2.49. The Hall–Kier alpha value is -0.930. The van der Waals surface area contributed by atoms with E-state index >= 15 is 0 Å². The molecule has 21 heavy (non-hydrogen) atoms. The summed E-state index contributed by atoms with van der Waals surface area (Å²) in [5.74, 6) is -0.124. The summed E-state index contributed by atoms with van der Waals surface area (Å²) in [5.41, 5.74) is 0.655. The van der Waals surface area contributed by atoms with E-state index in [1.54, 1.807) is 6.07 Å². The molecule has 1 saturated carbocycles. The molecule has 0 amide bonds. The van der Waals surface area contributed by atoms with E-state index in [9.17, 15) is 9.18 Å².